The number of nitrogens with one attached hydrogen (secondary N) is 1. The maximum absolute atomic E-state index is 5.47. The van der Waals surface area contributed by atoms with Crippen LogP contribution in [0.2, 0.25) is 0 Å². The fraction of sp³-hybridized carbons (Fsp3) is 0.538. The van der Waals surface area contributed by atoms with Crippen molar-refractivity contribution in [3.8, 4) is 11.5 Å². The van der Waals surface area contributed by atoms with Crippen LogP contribution >= 0.6 is 15.9 Å². The zero-order valence-corrected chi connectivity index (χ0v) is 11.8. The van der Waals surface area contributed by atoms with Crippen LogP contribution in [0.25, 0.3) is 0 Å². The molecule has 17 heavy (non-hydrogen) atoms. The zero-order chi connectivity index (χ0) is 12.3. The third-order valence-corrected chi connectivity index (χ3v) is 3.86. The molecule has 0 amide bonds. The smallest absolute Gasteiger partial charge is 0.133 e. The maximum atomic E-state index is 5.47. The molecule has 94 valence electrons. The van der Waals surface area contributed by atoms with Gasteiger partial charge < -0.3 is 14.8 Å². The summed E-state index contributed by atoms with van der Waals surface area (Å²) in [5.74, 6) is 2.32. The van der Waals surface area contributed by atoms with Crippen LogP contribution in [-0.2, 0) is 0 Å². The summed E-state index contributed by atoms with van der Waals surface area (Å²) in [6, 6.07) is 4.07. The topological polar surface area (TPSA) is 30.5 Å². The van der Waals surface area contributed by atoms with Crippen LogP contribution in [-0.4, -0.2) is 27.3 Å². The van der Waals surface area contributed by atoms with Crippen molar-refractivity contribution in [2.45, 2.75) is 18.8 Å². The van der Waals surface area contributed by atoms with E-state index in [9.17, 15) is 0 Å². The van der Waals surface area contributed by atoms with Gasteiger partial charge in [0, 0.05) is 18.0 Å². The summed E-state index contributed by atoms with van der Waals surface area (Å²) in [6.45, 7) is 2.13. The number of rotatable bonds is 3. The quantitative estimate of drug-likeness (QED) is 0.931. The highest BCUT2D eigenvalue weighted by Crippen LogP contribution is 2.38. The van der Waals surface area contributed by atoms with Crippen LogP contribution in [0.5, 0.6) is 11.5 Å². The maximum Gasteiger partial charge on any atom is 0.133 e. The van der Waals surface area contributed by atoms with Gasteiger partial charge in [0.1, 0.15) is 11.5 Å². The van der Waals surface area contributed by atoms with E-state index in [1.807, 2.05) is 6.07 Å². The first kappa shape index (κ1) is 12.7. The molecule has 1 aromatic rings. The molecule has 1 saturated heterocycles. The molecule has 1 aliphatic rings. The second-order valence-electron chi connectivity index (χ2n) is 4.27. The number of piperidine rings is 1. The molecular weight excluding hydrogens is 282 g/mol. The lowest BCUT2D eigenvalue weighted by atomic mass is 9.91. The van der Waals surface area contributed by atoms with Gasteiger partial charge >= 0.3 is 0 Å². The molecule has 1 aromatic carbocycles. The predicted octanol–water partition coefficient (Wildman–Crippen LogP) is 2.93. The number of ether oxygens (including phenoxy) is 2. The van der Waals surface area contributed by atoms with Crippen molar-refractivity contribution < 1.29 is 9.47 Å². The Morgan fingerprint density at radius 3 is 2.59 bits per heavy atom. The van der Waals surface area contributed by atoms with Crippen molar-refractivity contribution in [1.82, 2.24) is 5.32 Å². The Morgan fingerprint density at radius 2 is 2.00 bits per heavy atom. The van der Waals surface area contributed by atoms with Crippen LogP contribution < -0.4 is 14.8 Å². The molecular formula is C13H18BrNO2. The van der Waals surface area contributed by atoms with Gasteiger partial charge in [-0.25, -0.2) is 0 Å². The van der Waals surface area contributed by atoms with Gasteiger partial charge in [0.05, 0.1) is 18.7 Å². The molecule has 1 N–H and O–H groups in total. The van der Waals surface area contributed by atoms with E-state index in [0.717, 1.165) is 29.1 Å². The van der Waals surface area contributed by atoms with E-state index in [1.165, 1.54) is 18.4 Å². The second kappa shape index (κ2) is 5.74. The molecule has 1 atom stereocenters. The fourth-order valence-electron chi connectivity index (χ4n) is 2.32. The summed E-state index contributed by atoms with van der Waals surface area (Å²) >= 11 is 3.49. The average Bonchev–Trinajstić information content (AvgIpc) is 2.39. The van der Waals surface area contributed by atoms with Crippen LogP contribution in [0.15, 0.2) is 16.6 Å². The highest BCUT2D eigenvalue weighted by molar-refractivity contribution is 9.10. The van der Waals surface area contributed by atoms with E-state index in [1.54, 1.807) is 14.2 Å². The van der Waals surface area contributed by atoms with E-state index in [0.29, 0.717) is 5.92 Å². The van der Waals surface area contributed by atoms with Gasteiger partial charge in [0.15, 0.2) is 0 Å². The standard InChI is InChI=1S/C13H18BrNO2/c1-16-12-7-11(14)13(17-2)6-10(12)9-4-3-5-15-8-9/h6-7,9,15H,3-5,8H2,1-2H3/t9-/m1/s1. The zero-order valence-electron chi connectivity index (χ0n) is 10.3. The number of halogens is 1. The third-order valence-electron chi connectivity index (χ3n) is 3.24. The van der Waals surface area contributed by atoms with Crippen molar-refractivity contribution in [2.75, 3.05) is 27.3 Å². The Balaban J connectivity index is 2.35. The lowest BCUT2D eigenvalue weighted by molar-refractivity contribution is 0.382. The van der Waals surface area contributed by atoms with Crippen molar-refractivity contribution in [3.63, 3.8) is 0 Å². The Kier molecular flexibility index (Phi) is 4.29. The van der Waals surface area contributed by atoms with Gasteiger partial charge in [0.25, 0.3) is 0 Å². The average molecular weight is 300 g/mol. The van der Waals surface area contributed by atoms with E-state index in [-0.39, 0.29) is 0 Å². The Labute approximate surface area is 111 Å². The van der Waals surface area contributed by atoms with Gasteiger partial charge in [-0.1, -0.05) is 0 Å². The first-order chi connectivity index (χ1) is 8.26. The SMILES string of the molecule is COc1cc([C@@H]2CCCNC2)c(OC)cc1Br. The predicted molar refractivity (Wildman–Crippen MR) is 72.1 cm³/mol. The molecule has 1 heterocycles. The third kappa shape index (κ3) is 2.75. The Hall–Kier alpha value is -0.740. The van der Waals surface area contributed by atoms with Crippen LogP contribution in [0, 0.1) is 0 Å². The molecule has 0 aromatic heterocycles. The summed E-state index contributed by atoms with van der Waals surface area (Å²) in [4.78, 5) is 0. The minimum atomic E-state index is 0.515. The first-order valence-electron chi connectivity index (χ1n) is 5.88. The van der Waals surface area contributed by atoms with Gasteiger partial charge in [-0.15, -0.1) is 0 Å². The fourth-order valence-corrected chi connectivity index (χ4v) is 2.80. The van der Waals surface area contributed by atoms with E-state index in [2.05, 4.69) is 27.3 Å². The summed E-state index contributed by atoms with van der Waals surface area (Å²) in [7, 11) is 3.41. The largest absolute Gasteiger partial charge is 0.496 e. The van der Waals surface area contributed by atoms with Crippen LogP contribution in [0.4, 0.5) is 0 Å². The lowest BCUT2D eigenvalue weighted by Gasteiger charge is -2.25. The number of benzene rings is 1. The number of hydrogen-bond acceptors (Lipinski definition) is 3. The van der Waals surface area contributed by atoms with Gasteiger partial charge in [-0.2, -0.15) is 0 Å². The Bertz CT molecular complexity index is 389. The normalized spacial score (nSPS) is 20.1. The molecule has 1 aliphatic heterocycles. The molecule has 0 bridgehead atoms. The molecule has 0 radical (unpaired) electrons. The molecule has 0 aliphatic carbocycles. The monoisotopic (exact) mass is 299 g/mol. The minimum absolute atomic E-state index is 0.515. The highest BCUT2D eigenvalue weighted by atomic mass is 79.9. The van der Waals surface area contributed by atoms with Gasteiger partial charge in [0.2, 0.25) is 0 Å². The number of methoxy groups -OCH3 is 2. The molecule has 0 saturated carbocycles. The van der Waals surface area contributed by atoms with Crippen LogP contribution in [0.3, 0.4) is 0 Å². The Morgan fingerprint density at radius 1 is 1.24 bits per heavy atom. The van der Waals surface area contributed by atoms with Crippen molar-refractivity contribution >= 4 is 15.9 Å². The summed E-state index contributed by atoms with van der Waals surface area (Å²) in [5, 5.41) is 3.43. The molecule has 2 rings (SSSR count). The van der Waals surface area contributed by atoms with E-state index in [4.69, 9.17) is 9.47 Å². The highest BCUT2D eigenvalue weighted by Gasteiger charge is 2.20. The number of hydrogen-bond donors (Lipinski definition) is 1. The minimum Gasteiger partial charge on any atom is -0.496 e. The summed E-state index contributed by atoms with van der Waals surface area (Å²) < 4.78 is 11.8. The van der Waals surface area contributed by atoms with Crippen molar-refractivity contribution in [2.24, 2.45) is 0 Å². The molecule has 4 heteroatoms. The van der Waals surface area contributed by atoms with Crippen molar-refractivity contribution in [3.05, 3.63) is 22.2 Å². The van der Waals surface area contributed by atoms with Gasteiger partial charge in [-0.3, -0.25) is 0 Å². The molecule has 1 fully saturated rings. The van der Waals surface area contributed by atoms with E-state index < -0.39 is 0 Å². The van der Waals surface area contributed by atoms with Crippen LogP contribution in [0.1, 0.15) is 24.3 Å². The lowest BCUT2D eigenvalue weighted by Crippen LogP contribution is -2.28. The summed E-state index contributed by atoms with van der Waals surface area (Å²) in [5.41, 5.74) is 1.24. The second-order valence-corrected chi connectivity index (χ2v) is 5.13. The molecule has 3 nitrogen and oxygen atoms in total. The van der Waals surface area contributed by atoms with Crippen molar-refractivity contribution in [1.29, 1.82) is 0 Å². The molecule has 0 spiro atoms. The molecule has 0 unspecified atom stereocenters. The van der Waals surface area contributed by atoms with Gasteiger partial charge in [-0.05, 0) is 47.4 Å². The summed E-state index contributed by atoms with van der Waals surface area (Å²) in [6.07, 6.45) is 2.42. The van der Waals surface area contributed by atoms with E-state index >= 15 is 0 Å². The first-order valence-corrected chi connectivity index (χ1v) is 6.67.